The van der Waals surface area contributed by atoms with Crippen LogP contribution < -0.4 is 0 Å². The van der Waals surface area contributed by atoms with Crippen LogP contribution in [0.3, 0.4) is 0 Å². The van der Waals surface area contributed by atoms with Gasteiger partial charge in [-0.15, -0.1) is 0 Å². The van der Waals surface area contributed by atoms with Gasteiger partial charge >= 0.3 is 7.82 Å². The average molecular weight is 451 g/mol. The minimum Gasteiger partial charge on any atom is -0.282 e. The summed E-state index contributed by atoms with van der Waals surface area (Å²) < 4.78 is 23.4. The fourth-order valence-corrected chi connectivity index (χ4v) is 3.11. The van der Waals surface area contributed by atoms with Gasteiger partial charge in [0.05, 0.1) is 0 Å². The first-order valence-corrected chi connectivity index (χ1v) is 9.26. The van der Waals surface area contributed by atoms with Crippen molar-refractivity contribution in [3.05, 3.63) is 0 Å². The molecule has 0 aromatic heterocycles. The molecule has 0 aliphatic rings. The Balaban J connectivity index is 4.80. The third kappa shape index (κ3) is 11.7. The molecule has 0 radical (unpaired) electrons. The maximum absolute atomic E-state index is 12.3. The molecule has 0 rings (SSSR count). The highest BCUT2D eigenvalue weighted by Crippen LogP contribution is 2.54. The molecule has 0 aromatic carbocycles. The summed E-state index contributed by atoms with van der Waals surface area (Å²) in [5.41, 5.74) is -0.966. The van der Waals surface area contributed by atoms with Crippen molar-refractivity contribution in [2.75, 3.05) is 13.2 Å². The molecule has 0 saturated heterocycles. The predicted octanol–water partition coefficient (Wildman–Crippen LogP) is 6.11. The van der Waals surface area contributed by atoms with E-state index in [0.717, 1.165) is 0 Å². The summed E-state index contributed by atoms with van der Waals surface area (Å²) in [6, 6.07) is 0. The van der Waals surface area contributed by atoms with Gasteiger partial charge in [-0.3, -0.25) is 13.6 Å². The van der Waals surface area contributed by atoms with Gasteiger partial charge in [0.1, 0.15) is 18.8 Å². The number of hydrogen-bond acceptors (Lipinski definition) is 4. The molecule has 122 valence electrons. The summed E-state index contributed by atoms with van der Waals surface area (Å²) in [7, 11) is -4.16. The van der Waals surface area contributed by atoms with Crippen molar-refractivity contribution in [3.8, 4) is 0 Å². The molecule has 0 aliphatic carbocycles. The summed E-state index contributed by atoms with van der Waals surface area (Å²) in [6.07, 6.45) is 0. The van der Waals surface area contributed by atoms with E-state index >= 15 is 0 Å². The lowest BCUT2D eigenvalue weighted by atomic mass is 10.2. The number of phosphoric acid groups is 1. The highest BCUT2D eigenvalue weighted by Gasteiger charge is 2.37. The van der Waals surface area contributed by atoms with Crippen LogP contribution in [0.1, 0.15) is 13.8 Å². The van der Waals surface area contributed by atoms with E-state index in [0.29, 0.717) is 0 Å². The van der Waals surface area contributed by atoms with E-state index in [-0.39, 0.29) is 5.92 Å². The maximum atomic E-state index is 12.3. The van der Waals surface area contributed by atoms with Gasteiger partial charge in [-0.25, -0.2) is 4.57 Å². The van der Waals surface area contributed by atoms with Gasteiger partial charge in [0.2, 0.25) is 7.59 Å². The third-order valence-corrected chi connectivity index (χ3v) is 4.27. The van der Waals surface area contributed by atoms with Crippen LogP contribution in [-0.4, -0.2) is 26.4 Å². The van der Waals surface area contributed by atoms with Gasteiger partial charge in [0.15, 0.2) is 0 Å². The molecule has 0 aromatic rings. The predicted molar refractivity (Wildman–Crippen MR) is 85.7 cm³/mol. The largest absolute Gasteiger partial charge is 0.476 e. The standard InChI is InChI=1S/C8H12Cl7O4P/c1-5(2)6(9)19-20(16,17-3-7(10,11)12)18-4-8(13,14)15/h5-6H,3-4H2,1-2H3/t6-/m1/s1. The van der Waals surface area contributed by atoms with Crippen molar-refractivity contribution >= 4 is 89.0 Å². The zero-order valence-electron chi connectivity index (χ0n) is 10.3. The van der Waals surface area contributed by atoms with Gasteiger partial charge in [-0.1, -0.05) is 95.1 Å². The summed E-state index contributed by atoms with van der Waals surface area (Å²) >= 11 is 38.8. The van der Waals surface area contributed by atoms with Crippen LogP contribution in [-0.2, 0) is 18.1 Å². The summed E-state index contributed by atoms with van der Waals surface area (Å²) in [5.74, 6) is -0.183. The molecule has 0 heterocycles. The Kier molecular flexibility index (Phi) is 9.79. The molecule has 20 heavy (non-hydrogen) atoms. The lowest BCUT2D eigenvalue weighted by Gasteiger charge is -2.24. The molecular formula is C8H12Cl7O4P. The molecular weight excluding hydrogens is 439 g/mol. The molecule has 0 N–H and O–H groups in total. The molecule has 1 atom stereocenters. The van der Waals surface area contributed by atoms with Gasteiger partial charge in [0.25, 0.3) is 0 Å². The van der Waals surface area contributed by atoms with E-state index in [4.69, 9.17) is 94.8 Å². The van der Waals surface area contributed by atoms with E-state index in [1.165, 1.54) is 0 Å². The van der Waals surface area contributed by atoms with E-state index in [1.807, 2.05) is 0 Å². The number of halogens is 7. The van der Waals surface area contributed by atoms with Crippen LogP contribution in [0.4, 0.5) is 0 Å². The fraction of sp³-hybridized carbons (Fsp3) is 1.00. The molecule has 4 nitrogen and oxygen atoms in total. The highest BCUT2D eigenvalue weighted by atomic mass is 35.6. The first-order valence-electron chi connectivity index (χ1n) is 5.09. The van der Waals surface area contributed by atoms with E-state index in [1.54, 1.807) is 13.8 Å². The Morgan fingerprint density at radius 3 is 1.55 bits per heavy atom. The summed E-state index contributed by atoms with van der Waals surface area (Å²) in [4.78, 5) is 0. The van der Waals surface area contributed by atoms with Crippen LogP contribution in [0.2, 0.25) is 0 Å². The zero-order valence-corrected chi connectivity index (χ0v) is 16.5. The second-order valence-electron chi connectivity index (χ2n) is 3.93. The Bertz CT molecular complexity index is 319. The minimum absolute atomic E-state index is 0.183. The topological polar surface area (TPSA) is 44.8 Å². The minimum atomic E-state index is -4.16. The van der Waals surface area contributed by atoms with Crippen molar-refractivity contribution in [2.24, 2.45) is 5.92 Å². The van der Waals surface area contributed by atoms with Crippen LogP contribution in [0.25, 0.3) is 0 Å². The molecule has 0 fully saturated rings. The van der Waals surface area contributed by atoms with Crippen LogP contribution in [0.15, 0.2) is 0 Å². The first kappa shape index (κ1) is 22.1. The van der Waals surface area contributed by atoms with Crippen LogP contribution in [0.5, 0.6) is 0 Å². The Labute approximate surface area is 152 Å². The molecule has 0 bridgehead atoms. The van der Waals surface area contributed by atoms with E-state index in [9.17, 15) is 4.57 Å². The smallest absolute Gasteiger partial charge is 0.282 e. The van der Waals surface area contributed by atoms with Gasteiger partial charge in [-0.2, -0.15) is 0 Å². The molecule has 0 aliphatic heterocycles. The summed E-state index contributed by atoms with van der Waals surface area (Å²) in [6.45, 7) is 2.34. The Hall–Kier alpha value is 2.14. The zero-order chi connectivity index (χ0) is 16.2. The van der Waals surface area contributed by atoms with Crippen LogP contribution in [0, 0.1) is 5.92 Å². The van der Waals surface area contributed by atoms with Crippen LogP contribution >= 0.6 is 89.0 Å². The van der Waals surface area contributed by atoms with Gasteiger partial charge < -0.3 is 0 Å². The lowest BCUT2D eigenvalue weighted by molar-refractivity contribution is 0.0923. The van der Waals surface area contributed by atoms with E-state index in [2.05, 4.69) is 0 Å². The van der Waals surface area contributed by atoms with Gasteiger partial charge in [-0.05, 0) is 5.92 Å². The number of hydrogen-bond donors (Lipinski definition) is 0. The number of rotatable bonds is 7. The molecule has 0 spiro atoms. The van der Waals surface area contributed by atoms with Crippen molar-refractivity contribution in [1.29, 1.82) is 0 Å². The highest BCUT2D eigenvalue weighted by molar-refractivity contribution is 7.48. The molecule has 12 heteroatoms. The Morgan fingerprint density at radius 2 is 1.30 bits per heavy atom. The SMILES string of the molecule is CC(C)[C@H](Cl)OP(=O)(OCC(Cl)(Cl)Cl)OCC(Cl)(Cl)Cl. The first-order chi connectivity index (χ1) is 8.74. The normalized spacial score (nSPS) is 15.7. The third-order valence-electron chi connectivity index (χ3n) is 1.53. The average Bonchev–Trinajstić information content (AvgIpc) is 2.22. The monoisotopic (exact) mass is 448 g/mol. The quantitative estimate of drug-likeness (QED) is 0.346. The van der Waals surface area contributed by atoms with Crippen molar-refractivity contribution in [3.63, 3.8) is 0 Å². The molecule has 0 saturated carbocycles. The van der Waals surface area contributed by atoms with Gasteiger partial charge in [0, 0.05) is 0 Å². The van der Waals surface area contributed by atoms with Crippen molar-refractivity contribution < 1.29 is 18.1 Å². The second-order valence-corrected chi connectivity index (χ2v) is 11.0. The Morgan fingerprint density at radius 1 is 0.950 bits per heavy atom. The maximum Gasteiger partial charge on any atom is 0.476 e. The second kappa shape index (κ2) is 8.84. The molecule has 0 unspecified atom stereocenters. The fourth-order valence-electron chi connectivity index (χ4n) is 0.648. The van der Waals surface area contributed by atoms with E-state index < -0.39 is 34.2 Å². The summed E-state index contributed by atoms with van der Waals surface area (Å²) in [5, 5.41) is 0. The lowest BCUT2D eigenvalue weighted by Crippen LogP contribution is -2.20. The van der Waals surface area contributed by atoms with Crippen molar-refractivity contribution in [2.45, 2.75) is 27.0 Å². The number of phosphoric ester groups is 1. The number of alkyl halides is 7. The molecule has 0 amide bonds. The van der Waals surface area contributed by atoms with Crippen molar-refractivity contribution in [1.82, 2.24) is 0 Å².